The van der Waals surface area contributed by atoms with Gasteiger partial charge in [-0.1, -0.05) is 19.1 Å². The molecule has 0 fully saturated rings. The van der Waals surface area contributed by atoms with Crippen LogP contribution < -0.4 is 16.2 Å². The highest BCUT2D eigenvalue weighted by atomic mass is 32.2. The molecule has 0 bridgehead atoms. The smallest absolute Gasteiger partial charge is 0.271 e. The molecule has 0 spiro atoms. The van der Waals surface area contributed by atoms with Crippen LogP contribution >= 0.6 is 0 Å². The first-order valence-electron chi connectivity index (χ1n) is 6.11. The van der Waals surface area contributed by atoms with Gasteiger partial charge in [0, 0.05) is 6.54 Å². The minimum absolute atomic E-state index is 0.0328. The zero-order valence-corrected chi connectivity index (χ0v) is 12.1. The van der Waals surface area contributed by atoms with E-state index in [1.165, 1.54) is 16.9 Å². The third kappa shape index (κ3) is 2.88. The van der Waals surface area contributed by atoms with E-state index in [1.54, 1.807) is 25.1 Å². The molecular weight excluding hydrogens is 294 g/mol. The first-order chi connectivity index (χ1) is 9.86. The quantitative estimate of drug-likeness (QED) is 0.706. The van der Waals surface area contributed by atoms with E-state index in [4.69, 9.17) is 11.5 Å². The molecule has 0 atom stereocenters. The SMILES string of the molecule is CCNS(=O)(=O)c1ccccc1-n1cc(N)c(C(N)=O)n1. The molecule has 0 radical (unpaired) electrons. The van der Waals surface area contributed by atoms with Gasteiger partial charge in [0.15, 0.2) is 5.69 Å². The van der Waals surface area contributed by atoms with Gasteiger partial charge in [-0.2, -0.15) is 5.10 Å². The number of anilines is 1. The van der Waals surface area contributed by atoms with Gasteiger partial charge in [0.1, 0.15) is 4.90 Å². The molecule has 1 amide bonds. The average molecular weight is 309 g/mol. The fourth-order valence-electron chi connectivity index (χ4n) is 1.84. The molecular formula is C12H15N5O3S. The van der Waals surface area contributed by atoms with Crippen LogP contribution in [0.15, 0.2) is 35.4 Å². The molecule has 0 aliphatic rings. The Kier molecular flexibility index (Phi) is 3.96. The van der Waals surface area contributed by atoms with E-state index in [1.807, 2.05) is 0 Å². The number of nitrogens with zero attached hydrogens (tertiary/aromatic N) is 2. The Hall–Kier alpha value is -2.39. The van der Waals surface area contributed by atoms with Crippen LogP contribution in [0.25, 0.3) is 5.69 Å². The van der Waals surface area contributed by atoms with Gasteiger partial charge in [-0.15, -0.1) is 0 Å². The normalized spacial score (nSPS) is 11.5. The Labute approximate surface area is 121 Å². The predicted octanol–water partition coefficient (Wildman–Crippen LogP) is -0.148. The number of primary amides is 1. The lowest BCUT2D eigenvalue weighted by Crippen LogP contribution is -2.24. The third-order valence-corrected chi connectivity index (χ3v) is 4.30. The molecule has 0 aliphatic carbocycles. The van der Waals surface area contributed by atoms with Crippen LogP contribution in [-0.2, 0) is 10.0 Å². The lowest BCUT2D eigenvalue weighted by molar-refractivity contribution is 0.0996. The van der Waals surface area contributed by atoms with Gasteiger partial charge in [-0.05, 0) is 12.1 Å². The van der Waals surface area contributed by atoms with Crippen LogP contribution in [0.2, 0.25) is 0 Å². The van der Waals surface area contributed by atoms with Crippen LogP contribution in [0.3, 0.4) is 0 Å². The van der Waals surface area contributed by atoms with E-state index >= 15 is 0 Å². The van der Waals surface area contributed by atoms with Gasteiger partial charge >= 0.3 is 0 Å². The van der Waals surface area contributed by atoms with Crippen molar-refractivity contribution in [3.8, 4) is 5.69 Å². The summed E-state index contributed by atoms with van der Waals surface area (Å²) in [4.78, 5) is 11.2. The highest BCUT2D eigenvalue weighted by Crippen LogP contribution is 2.21. The number of benzene rings is 1. The number of para-hydroxylation sites is 1. The summed E-state index contributed by atoms with van der Waals surface area (Å²) in [5.41, 5.74) is 11.1. The van der Waals surface area contributed by atoms with E-state index < -0.39 is 15.9 Å². The summed E-state index contributed by atoms with van der Waals surface area (Å²) >= 11 is 0. The van der Waals surface area contributed by atoms with E-state index in [0.717, 1.165) is 0 Å². The van der Waals surface area contributed by atoms with Crippen molar-refractivity contribution in [1.82, 2.24) is 14.5 Å². The van der Waals surface area contributed by atoms with E-state index in [9.17, 15) is 13.2 Å². The van der Waals surface area contributed by atoms with Crippen molar-refractivity contribution in [1.29, 1.82) is 0 Å². The topological polar surface area (TPSA) is 133 Å². The molecule has 1 aromatic heterocycles. The molecule has 21 heavy (non-hydrogen) atoms. The number of nitrogens with two attached hydrogens (primary N) is 2. The molecule has 1 heterocycles. The van der Waals surface area contributed by atoms with Gasteiger partial charge < -0.3 is 11.5 Å². The van der Waals surface area contributed by atoms with Crippen LogP contribution in [0.4, 0.5) is 5.69 Å². The van der Waals surface area contributed by atoms with E-state index in [2.05, 4.69) is 9.82 Å². The molecule has 1 aromatic carbocycles. The van der Waals surface area contributed by atoms with Gasteiger partial charge in [0.2, 0.25) is 10.0 Å². The fourth-order valence-corrected chi connectivity index (χ4v) is 3.07. The Morgan fingerprint density at radius 3 is 2.62 bits per heavy atom. The maximum absolute atomic E-state index is 12.2. The Morgan fingerprint density at radius 2 is 2.05 bits per heavy atom. The molecule has 5 N–H and O–H groups in total. The van der Waals surface area contributed by atoms with Crippen molar-refractivity contribution in [3.63, 3.8) is 0 Å². The lowest BCUT2D eigenvalue weighted by Gasteiger charge is -2.10. The van der Waals surface area contributed by atoms with Crippen molar-refractivity contribution in [2.24, 2.45) is 5.73 Å². The highest BCUT2D eigenvalue weighted by Gasteiger charge is 2.20. The summed E-state index contributed by atoms with van der Waals surface area (Å²) in [5.74, 6) is -0.779. The maximum Gasteiger partial charge on any atom is 0.271 e. The Morgan fingerprint density at radius 1 is 1.38 bits per heavy atom. The number of aromatic nitrogens is 2. The molecule has 0 saturated heterocycles. The predicted molar refractivity (Wildman–Crippen MR) is 77.4 cm³/mol. The van der Waals surface area contributed by atoms with Crippen molar-refractivity contribution >= 4 is 21.6 Å². The third-order valence-electron chi connectivity index (χ3n) is 2.71. The molecule has 2 aromatic rings. The molecule has 9 heteroatoms. The average Bonchev–Trinajstić information content (AvgIpc) is 2.81. The molecule has 8 nitrogen and oxygen atoms in total. The van der Waals surface area contributed by atoms with Crippen molar-refractivity contribution < 1.29 is 13.2 Å². The summed E-state index contributed by atoms with van der Waals surface area (Å²) in [6, 6.07) is 6.24. The first-order valence-corrected chi connectivity index (χ1v) is 7.59. The standard InChI is InChI=1S/C12H15N5O3S/c1-2-15-21(19,20)10-6-4-3-5-9(10)17-7-8(13)11(16-17)12(14)18/h3-7,15H,2,13H2,1H3,(H2,14,18). The highest BCUT2D eigenvalue weighted by molar-refractivity contribution is 7.89. The fraction of sp³-hybridized carbons (Fsp3) is 0.167. The van der Waals surface area contributed by atoms with Crippen LogP contribution in [0.5, 0.6) is 0 Å². The number of nitrogens with one attached hydrogen (secondary N) is 1. The Bertz CT molecular complexity index is 782. The van der Waals surface area contributed by atoms with Gasteiger partial charge in [-0.25, -0.2) is 17.8 Å². The van der Waals surface area contributed by atoms with Crippen molar-refractivity contribution in [2.45, 2.75) is 11.8 Å². The van der Waals surface area contributed by atoms with Crippen LogP contribution in [0, 0.1) is 0 Å². The van der Waals surface area contributed by atoms with E-state index in [0.29, 0.717) is 0 Å². The Balaban J connectivity index is 2.61. The summed E-state index contributed by atoms with van der Waals surface area (Å²) in [6.45, 7) is 1.93. The number of hydrogen-bond donors (Lipinski definition) is 3. The zero-order chi connectivity index (χ0) is 15.6. The van der Waals surface area contributed by atoms with Crippen LogP contribution in [0.1, 0.15) is 17.4 Å². The summed E-state index contributed by atoms with van der Waals surface area (Å²) in [7, 11) is -3.68. The van der Waals surface area contributed by atoms with Crippen molar-refractivity contribution in [2.75, 3.05) is 12.3 Å². The number of rotatable bonds is 5. The number of nitrogen functional groups attached to an aromatic ring is 1. The van der Waals surface area contributed by atoms with Crippen molar-refractivity contribution in [3.05, 3.63) is 36.2 Å². The maximum atomic E-state index is 12.2. The second-order valence-corrected chi connectivity index (χ2v) is 5.95. The van der Waals surface area contributed by atoms with Crippen LogP contribution in [-0.4, -0.2) is 30.7 Å². The molecule has 0 saturated carbocycles. The zero-order valence-electron chi connectivity index (χ0n) is 11.3. The minimum atomic E-state index is -3.68. The number of amides is 1. The molecule has 0 unspecified atom stereocenters. The lowest BCUT2D eigenvalue weighted by atomic mass is 10.3. The van der Waals surface area contributed by atoms with Gasteiger partial charge in [-0.3, -0.25) is 4.79 Å². The minimum Gasteiger partial charge on any atom is -0.396 e. The summed E-state index contributed by atoms with van der Waals surface area (Å²) in [5, 5.41) is 3.94. The number of carbonyl (C=O) groups is 1. The van der Waals surface area contributed by atoms with Gasteiger partial charge in [0.25, 0.3) is 5.91 Å². The molecule has 2 rings (SSSR count). The second kappa shape index (κ2) is 5.54. The molecule has 112 valence electrons. The number of carbonyl (C=O) groups excluding carboxylic acids is 1. The monoisotopic (exact) mass is 309 g/mol. The first kappa shape index (κ1) is 15.0. The second-order valence-electron chi connectivity index (χ2n) is 4.21. The summed E-state index contributed by atoms with van der Waals surface area (Å²) in [6.07, 6.45) is 1.35. The van der Waals surface area contributed by atoms with E-state index in [-0.39, 0.29) is 28.5 Å². The molecule has 0 aliphatic heterocycles. The largest absolute Gasteiger partial charge is 0.396 e. The number of hydrogen-bond acceptors (Lipinski definition) is 5. The number of sulfonamides is 1. The summed E-state index contributed by atoms with van der Waals surface area (Å²) < 4.78 is 28.0. The van der Waals surface area contributed by atoms with Gasteiger partial charge in [0.05, 0.1) is 17.6 Å².